The van der Waals surface area contributed by atoms with Crippen molar-refractivity contribution in [2.24, 2.45) is 5.41 Å². The number of nitrogens with zero attached hydrogens (tertiary/aromatic N) is 1. The van der Waals surface area contributed by atoms with E-state index in [2.05, 4.69) is 24.1 Å². The van der Waals surface area contributed by atoms with Gasteiger partial charge in [0.05, 0.1) is 10.6 Å². The van der Waals surface area contributed by atoms with Gasteiger partial charge in [-0.2, -0.15) is 19.0 Å². The van der Waals surface area contributed by atoms with Crippen LogP contribution in [0.15, 0.2) is 52.3 Å². The molecule has 0 aromatic heterocycles. The highest BCUT2D eigenvalue weighted by molar-refractivity contribution is 8.24. The van der Waals surface area contributed by atoms with Crippen LogP contribution in [0.4, 0.5) is 11.4 Å². The van der Waals surface area contributed by atoms with Crippen LogP contribution in [0.2, 0.25) is 0 Å². The smallest absolute Gasteiger partial charge is 0.274 e. The van der Waals surface area contributed by atoms with Crippen LogP contribution in [-0.2, 0) is 21.5 Å². The first-order valence-corrected chi connectivity index (χ1v) is 17.5. The monoisotopic (exact) mass is 584 g/mol. The topological polar surface area (TPSA) is 127 Å². The van der Waals surface area contributed by atoms with Gasteiger partial charge in [-0.05, 0) is 48.9 Å². The summed E-state index contributed by atoms with van der Waals surface area (Å²) in [6.45, 7) is 4.96. The summed E-state index contributed by atoms with van der Waals surface area (Å²) in [6, 6.07) is 13.7. The zero-order valence-electron chi connectivity index (χ0n) is 22.4. The van der Waals surface area contributed by atoms with E-state index in [4.69, 9.17) is 4.55 Å². The summed E-state index contributed by atoms with van der Waals surface area (Å²) in [6.07, 6.45) is 7.73. The molecule has 8 nitrogen and oxygen atoms in total. The number of benzene rings is 2. The van der Waals surface area contributed by atoms with Gasteiger partial charge in [0.15, 0.2) is 5.75 Å². The molecule has 0 saturated heterocycles. The number of thioether (sulfide) groups is 1. The first kappa shape index (κ1) is 30.8. The van der Waals surface area contributed by atoms with Gasteiger partial charge in [0.2, 0.25) is 5.91 Å². The van der Waals surface area contributed by atoms with Crippen molar-refractivity contribution in [2.45, 2.75) is 68.7 Å². The van der Waals surface area contributed by atoms with Gasteiger partial charge in [0.25, 0.3) is 10.1 Å². The Kier molecular flexibility index (Phi) is 10.6. The third-order valence-corrected chi connectivity index (χ3v) is 10.5. The van der Waals surface area contributed by atoms with Gasteiger partial charge in [-0.3, -0.25) is 18.5 Å². The molecule has 0 spiro atoms. The third-order valence-electron chi connectivity index (χ3n) is 6.98. The van der Waals surface area contributed by atoms with E-state index in [1.807, 2.05) is 42.7 Å². The molecule has 1 amide bonds. The highest BCUT2D eigenvalue weighted by Gasteiger charge is 2.42. The van der Waals surface area contributed by atoms with Gasteiger partial charge in [0, 0.05) is 34.8 Å². The second-order valence-electron chi connectivity index (χ2n) is 10.1. The molecule has 0 aliphatic carbocycles. The number of para-hydroxylation sites is 1. The summed E-state index contributed by atoms with van der Waals surface area (Å²) >= 11 is 1.47. The minimum atomic E-state index is -4.45. The molecule has 2 aromatic carbocycles. The third kappa shape index (κ3) is 7.89. The summed E-state index contributed by atoms with van der Waals surface area (Å²) in [5.74, 6) is -1.59. The van der Waals surface area contributed by atoms with Gasteiger partial charge in [-0.25, -0.2) is 0 Å². The van der Waals surface area contributed by atoms with Crippen LogP contribution in [0.5, 0.6) is 0 Å². The van der Waals surface area contributed by atoms with Crippen molar-refractivity contribution in [3.05, 3.63) is 48.0 Å². The fraction of sp³-hybridized carbons (Fsp3) is 0.519. The Morgan fingerprint density at radius 3 is 2.29 bits per heavy atom. The predicted octanol–water partition coefficient (Wildman–Crippen LogP) is 6.54. The minimum absolute atomic E-state index is 0.00449. The number of hydrogen-bond acceptors (Lipinski definition) is 7. The minimum Gasteiger partial charge on any atom is -0.351 e. The van der Waals surface area contributed by atoms with Crippen LogP contribution in [0, 0.1) is 5.41 Å². The lowest BCUT2D eigenvalue weighted by atomic mass is 9.79. The van der Waals surface area contributed by atoms with Gasteiger partial charge >= 0.3 is 0 Å². The van der Waals surface area contributed by atoms with E-state index < -0.39 is 32.4 Å². The summed E-state index contributed by atoms with van der Waals surface area (Å²) in [5, 5.41) is 2.54. The number of carbonyl (C=O) groups excluding carboxylic acids is 1. The average Bonchev–Trinajstić information content (AvgIpc) is 2.96. The molecule has 0 bridgehead atoms. The van der Waals surface area contributed by atoms with Gasteiger partial charge in [-0.15, -0.1) is 11.8 Å². The van der Waals surface area contributed by atoms with Crippen molar-refractivity contribution in [3.63, 3.8) is 0 Å². The van der Waals surface area contributed by atoms with Crippen molar-refractivity contribution >= 4 is 49.8 Å². The fourth-order valence-corrected chi connectivity index (χ4v) is 8.42. The predicted molar refractivity (Wildman–Crippen MR) is 157 cm³/mol. The molecule has 0 fully saturated rings. The molecule has 1 heterocycles. The first-order chi connectivity index (χ1) is 17.9. The van der Waals surface area contributed by atoms with Crippen LogP contribution >= 0.6 is 22.4 Å². The van der Waals surface area contributed by atoms with Crippen molar-refractivity contribution in [2.75, 3.05) is 29.2 Å². The number of nitrogens with one attached hydrogen (secondary N) is 1. The van der Waals surface area contributed by atoms with Crippen LogP contribution < -0.4 is 10.2 Å². The van der Waals surface area contributed by atoms with Crippen molar-refractivity contribution in [1.82, 2.24) is 5.32 Å². The highest BCUT2D eigenvalue weighted by Crippen LogP contribution is 2.61. The number of rotatable bonds is 12. The van der Waals surface area contributed by atoms with E-state index in [1.165, 1.54) is 11.8 Å². The largest absolute Gasteiger partial charge is 0.351 e. The molecule has 0 unspecified atom stereocenters. The number of hydrogen-bond donors (Lipinski definition) is 4. The Morgan fingerprint density at radius 2 is 1.74 bits per heavy atom. The second kappa shape index (κ2) is 13.1. The molecule has 2 aromatic rings. The molecule has 4 N–H and O–H groups in total. The maximum atomic E-state index is 12.1. The second-order valence-corrected chi connectivity index (χ2v) is 14.4. The molecule has 212 valence electrons. The molecule has 11 heteroatoms. The highest BCUT2D eigenvalue weighted by atomic mass is 32.3. The lowest BCUT2D eigenvalue weighted by Crippen LogP contribution is -2.37. The summed E-state index contributed by atoms with van der Waals surface area (Å²) in [4.78, 5) is 15.6. The number of anilines is 2. The zero-order valence-corrected chi connectivity index (χ0v) is 24.8. The van der Waals surface area contributed by atoms with Gasteiger partial charge in [0.1, 0.15) is 0 Å². The van der Waals surface area contributed by atoms with Gasteiger partial charge < -0.3 is 10.2 Å². The molecule has 38 heavy (non-hydrogen) atoms. The first-order valence-electron chi connectivity index (χ1n) is 12.9. The van der Waals surface area contributed by atoms with E-state index in [0.29, 0.717) is 17.0 Å². The van der Waals surface area contributed by atoms with Crippen LogP contribution in [-0.4, -0.2) is 52.3 Å². The Labute approximate surface area is 232 Å². The van der Waals surface area contributed by atoms with E-state index >= 15 is 0 Å². The van der Waals surface area contributed by atoms with E-state index in [0.717, 1.165) is 54.8 Å². The van der Waals surface area contributed by atoms with Gasteiger partial charge in [-0.1, -0.05) is 57.7 Å². The summed E-state index contributed by atoms with van der Waals surface area (Å²) < 4.78 is 54.6. The summed E-state index contributed by atoms with van der Waals surface area (Å²) in [5.41, 5.74) is 2.08. The number of fused-ring (bicyclic) bond motifs is 1. The normalized spacial score (nSPS) is 17.4. The lowest BCUT2D eigenvalue weighted by molar-refractivity contribution is -0.118. The Balaban J connectivity index is 2.13. The molecule has 0 atom stereocenters. The molecule has 1 aliphatic heterocycles. The Bertz CT molecular complexity index is 1200. The summed E-state index contributed by atoms with van der Waals surface area (Å²) in [7, 11) is -7.65. The quantitative estimate of drug-likeness (QED) is 0.164. The number of carbonyl (C=O) groups is 1. The fourth-order valence-electron chi connectivity index (χ4n) is 5.14. The van der Waals surface area contributed by atoms with Crippen molar-refractivity contribution in [3.8, 4) is 0 Å². The number of unbranched alkanes of at least 4 members (excludes halogenated alkanes) is 2. The van der Waals surface area contributed by atoms with Crippen LogP contribution in [0.25, 0.3) is 0 Å². The van der Waals surface area contributed by atoms with Crippen LogP contribution in [0.1, 0.15) is 57.9 Å². The van der Waals surface area contributed by atoms with E-state index in [9.17, 15) is 22.3 Å². The molecule has 3 rings (SSSR count). The Hall–Kier alpha value is -1.76. The molecular weight excluding hydrogens is 545 g/mol. The molecule has 0 radical (unpaired) electrons. The standard InChI is InChI=1S/C27H40N2O6S3/c1-4-6-13-27(14-7-5-2)19-29(22-11-9-8-10-12-22)23-16-24(36-3)21(15-25(23)37(31,32)20-27)17-28-26(30)18-38(33,34)35/h8-12,15-16,31-32H,4-7,13-14,17-20H2,1-3H3,(H,28,30)(H,33,34,35). The number of amides is 1. The van der Waals surface area contributed by atoms with Crippen molar-refractivity contribution < 1.29 is 26.9 Å². The van der Waals surface area contributed by atoms with E-state index in [1.54, 1.807) is 6.07 Å². The lowest BCUT2D eigenvalue weighted by Gasteiger charge is -2.42. The van der Waals surface area contributed by atoms with Crippen LogP contribution in [0.3, 0.4) is 0 Å². The maximum Gasteiger partial charge on any atom is 0.274 e. The molecule has 0 saturated carbocycles. The Morgan fingerprint density at radius 1 is 1.11 bits per heavy atom. The van der Waals surface area contributed by atoms with E-state index in [-0.39, 0.29) is 17.7 Å². The maximum absolute atomic E-state index is 12.1. The van der Waals surface area contributed by atoms with Crippen molar-refractivity contribution in [1.29, 1.82) is 0 Å². The zero-order chi connectivity index (χ0) is 28.0. The molecular formula is C27H40N2O6S3. The SMILES string of the molecule is CCCCC1(CCCC)CN(c2ccccc2)c2cc(SC)c(CNC(=O)CS(=O)(=O)O)cc2S(O)(O)C1. The average molecular weight is 585 g/mol. The molecule has 1 aliphatic rings.